The monoisotopic (exact) mass is 532 g/mol. The lowest BCUT2D eigenvalue weighted by Crippen LogP contribution is -2.48. The van der Waals surface area contributed by atoms with Gasteiger partial charge in [0.2, 0.25) is 5.91 Å². The van der Waals surface area contributed by atoms with Gasteiger partial charge in [0, 0.05) is 37.5 Å². The number of nitrogens with zero attached hydrogens (tertiary/aromatic N) is 2. The van der Waals surface area contributed by atoms with Crippen LogP contribution in [-0.2, 0) is 23.7 Å². The van der Waals surface area contributed by atoms with Gasteiger partial charge >= 0.3 is 18.4 Å². The number of alkyl halides is 6. The average Bonchev–Trinajstić information content (AvgIpc) is 3.66. The van der Waals surface area contributed by atoms with Crippen molar-refractivity contribution in [3.05, 3.63) is 70.5 Å². The van der Waals surface area contributed by atoms with Crippen LogP contribution < -0.4 is 0 Å². The van der Waals surface area contributed by atoms with E-state index in [0.717, 1.165) is 4.90 Å². The van der Waals surface area contributed by atoms with Gasteiger partial charge in [-0.25, -0.2) is 9.18 Å². The highest BCUT2D eigenvalue weighted by atomic mass is 19.4. The Kier molecular flexibility index (Phi) is 7.13. The van der Waals surface area contributed by atoms with E-state index >= 15 is 0 Å². The van der Waals surface area contributed by atoms with Gasteiger partial charge in [-0.15, -0.1) is 0 Å². The fourth-order valence-corrected chi connectivity index (χ4v) is 4.76. The van der Waals surface area contributed by atoms with Crippen molar-refractivity contribution >= 4 is 12.0 Å². The van der Waals surface area contributed by atoms with Crippen molar-refractivity contribution in [3.8, 4) is 0 Å². The molecule has 12 heteroatoms. The van der Waals surface area contributed by atoms with Crippen molar-refractivity contribution in [2.24, 2.45) is 5.92 Å². The number of rotatable bonds is 5. The van der Waals surface area contributed by atoms with Crippen LogP contribution in [0.25, 0.3) is 0 Å². The van der Waals surface area contributed by atoms with E-state index in [-0.39, 0.29) is 37.2 Å². The molecule has 5 nitrogen and oxygen atoms in total. The Morgan fingerprint density at radius 1 is 0.919 bits per heavy atom. The molecule has 1 saturated heterocycles. The molecule has 1 N–H and O–H groups in total. The smallest absolute Gasteiger partial charge is 0.416 e. The molecule has 2 amide bonds. The van der Waals surface area contributed by atoms with Gasteiger partial charge in [-0.1, -0.05) is 12.1 Å². The number of piperidine rings is 1. The van der Waals surface area contributed by atoms with Crippen LogP contribution in [0.15, 0.2) is 42.5 Å². The molecule has 0 aromatic heterocycles. The molecule has 0 radical (unpaired) electrons. The molecule has 1 saturated carbocycles. The summed E-state index contributed by atoms with van der Waals surface area (Å²) in [5.74, 6) is -2.45. The van der Waals surface area contributed by atoms with Gasteiger partial charge in [-0.3, -0.25) is 4.79 Å². The van der Waals surface area contributed by atoms with Gasteiger partial charge in [0.15, 0.2) is 0 Å². The standard InChI is InChI=1S/C25H23F7N2O3/c26-18-3-1-15(2-4-18)21-13-33(23(36)37)8-7-20(21)22(35)34(19-5-6-19)12-14-9-16(24(27,28)29)11-17(10-14)25(30,31)32/h1-4,9-11,19-21H,5-8,12-13H2,(H,36,37)/t20-,21-/m0/s1. The van der Waals surface area contributed by atoms with Crippen molar-refractivity contribution in [2.45, 2.75) is 50.1 Å². The van der Waals surface area contributed by atoms with Crippen molar-refractivity contribution in [2.75, 3.05) is 13.1 Å². The fourth-order valence-electron chi connectivity index (χ4n) is 4.76. The lowest BCUT2D eigenvalue weighted by atomic mass is 9.79. The van der Waals surface area contributed by atoms with Gasteiger partial charge in [-0.05, 0) is 60.7 Å². The molecule has 1 aliphatic heterocycles. The van der Waals surface area contributed by atoms with Crippen LogP contribution in [0.3, 0.4) is 0 Å². The number of carbonyl (C=O) groups is 2. The van der Waals surface area contributed by atoms with Crippen LogP contribution in [-0.4, -0.2) is 46.0 Å². The Morgan fingerprint density at radius 2 is 1.49 bits per heavy atom. The molecular weight excluding hydrogens is 509 g/mol. The first kappa shape index (κ1) is 26.7. The summed E-state index contributed by atoms with van der Waals surface area (Å²) in [6.45, 7) is -0.479. The zero-order valence-electron chi connectivity index (χ0n) is 19.3. The van der Waals surface area contributed by atoms with E-state index < -0.39 is 59.7 Å². The molecular formula is C25H23F7N2O3. The van der Waals surface area contributed by atoms with Gasteiger partial charge in [0.05, 0.1) is 11.1 Å². The van der Waals surface area contributed by atoms with Crippen LogP contribution >= 0.6 is 0 Å². The third kappa shape index (κ3) is 6.16. The maximum absolute atomic E-state index is 13.7. The number of halogens is 7. The SMILES string of the molecule is O=C(O)N1CC[C@H](C(=O)N(Cc2cc(C(F)(F)F)cc(C(F)(F)F)c2)C2CC2)[C@H](c2ccc(F)cc2)C1. The van der Waals surface area contributed by atoms with Crippen molar-refractivity contribution in [3.63, 3.8) is 0 Å². The predicted molar refractivity (Wildman–Crippen MR) is 117 cm³/mol. The molecule has 1 heterocycles. The molecule has 200 valence electrons. The molecule has 2 fully saturated rings. The first-order chi connectivity index (χ1) is 17.2. The number of hydrogen-bond donors (Lipinski definition) is 1. The number of benzene rings is 2. The summed E-state index contributed by atoms with van der Waals surface area (Å²) >= 11 is 0. The van der Waals surface area contributed by atoms with Crippen LogP contribution in [0.1, 0.15) is 47.4 Å². The highest BCUT2D eigenvalue weighted by Gasteiger charge is 2.43. The third-order valence-electron chi connectivity index (χ3n) is 6.77. The van der Waals surface area contributed by atoms with Crippen LogP contribution in [0, 0.1) is 11.7 Å². The topological polar surface area (TPSA) is 60.9 Å². The number of amides is 2. The summed E-state index contributed by atoms with van der Waals surface area (Å²) in [6, 6.07) is 6.16. The summed E-state index contributed by atoms with van der Waals surface area (Å²) in [5, 5.41) is 9.44. The summed E-state index contributed by atoms with van der Waals surface area (Å²) in [6.07, 6.45) is -10.0. The largest absolute Gasteiger partial charge is 0.465 e. The highest BCUT2D eigenvalue weighted by molar-refractivity contribution is 5.81. The molecule has 2 atom stereocenters. The second-order valence-electron chi connectivity index (χ2n) is 9.39. The normalized spacial score (nSPS) is 20.6. The Bertz CT molecular complexity index is 1130. The molecule has 4 rings (SSSR count). The van der Waals surface area contributed by atoms with E-state index in [1.54, 1.807) is 0 Å². The summed E-state index contributed by atoms with van der Waals surface area (Å²) in [7, 11) is 0. The quantitative estimate of drug-likeness (QED) is 0.471. The van der Waals surface area contributed by atoms with Gasteiger partial charge in [-0.2, -0.15) is 26.3 Å². The Hall–Kier alpha value is -3.31. The van der Waals surface area contributed by atoms with Crippen molar-refractivity contribution in [1.29, 1.82) is 0 Å². The summed E-state index contributed by atoms with van der Waals surface area (Å²) in [4.78, 5) is 27.7. The van der Waals surface area contributed by atoms with E-state index in [4.69, 9.17) is 0 Å². The second-order valence-corrected chi connectivity index (χ2v) is 9.39. The fraction of sp³-hybridized carbons (Fsp3) is 0.440. The molecule has 37 heavy (non-hydrogen) atoms. The van der Waals surface area contributed by atoms with Gasteiger partial charge in [0.1, 0.15) is 5.82 Å². The lowest BCUT2D eigenvalue weighted by molar-refractivity contribution is -0.143. The lowest BCUT2D eigenvalue weighted by Gasteiger charge is -2.39. The molecule has 0 unspecified atom stereocenters. The molecule has 0 spiro atoms. The van der Waals surface area contributed by atoms with Gasteiger partial charge in [0.25, 0.3) is 0 Å². The second kappa shape index (κ2) is 9.86. The number of carboxylic acid groups (broad SMARTS) is 1. The van der Waals surface area contributed by atoms with Gasteiger partial charge < -0.3 is 14.9 Å². The maximum Gasteiger partial charge on any atom is 0.416 e. The molecule has 1 aliphatic carbocycles. The zero-order valence-corrected chi connectivity index (χ0v) is 19.3. The van der Waals surface area contributed by atoms with E-state index in [1.165, 1.54) is 29.2 Å². The number of hydrogen-bond acceptors (Lipinski definition) is 2. The Morgan fingerprint density at radius 3 is 1.97 bits per heavy atom. The highest BCUT2D eigenvalue weighted by Crippen LogP contribution is 2.40. The Balaban J connectivity index is 1.66. The van der Waals surface area contributed by atoms with Crippen LogP contribution in [0.5, 0.6) is 0 Å². The first-order valence-electron chi connectivity index (χ1n) is 11.6. The first-order valence-corrected chi connectivity index (χ1v) is 11.6. The summed E-state index contributed by atoms with van der Waals surface area (Å²) < 4.78 is 93.5. The van der Waals surface area contributed by atoms with Crippen molar-refractivity contribution in [1.82, 2.24) is 9.80 Å². The molecule has 0 bridgehead atoms. The summed E-state index contributed by atoms with van der Waals surface area (Å²) in [5.41, 5.74) is -2.71. The average molecular weight is 532 g/mol. The minimum absolute atomic E-state index is 0.0315. The molecule has 2 aromatic rings. The maximum atomic E-state index is 13.7. The predicted octanol–water partition coefficient (Wildman–Crippen LogP) is 6.14. The zero-order chi connectivity index (χ0) is 27.1. The minimum atomic E-state index is -5.01. The van der Waals surface area contributed by atoms with E-state index in [9.17, 15) is 45.4 Å². The van der Waals surface area contributed by atoms with Crippen molar-refractivity contribution < 1.29 is 45.4 Å². The van der Waals surface area contributed by atoms with E-state index in [2.05, 4.69) is 0 Å². The van der Waals surface area contributed by atoms with Crippen LogP contribution in [0.2, 0.25) is 0 Å². The number of likely N-dealkylation sites (tertiary alicyclic amines) is 1. The number of carbonyl (C=O) groups excluding carboxylic acids is 1. The molecule has 2 aromatic carbocycles. The molecule has 2 aliphatic rings. The van der Waals surface area contributed by atoms with Crippen LogP contribution in [0.4, 0.5) is 35.5 Å². The minimum Gasteiger partial charge on any atom is -0.465 e. The Labute approximate surface area is 207 Å². The third-order valence-corrected chi connectivity index (χ3v) is 6.77. The van der Waals surface area contributed by atoms with E-state index in [1.807, 2.05) is 0 Å². The van der Waals surface area contributed by atoms with E-state index in [0.29, 0.717) is 30.5 Å².